The molecule has 0 bridgehead atoms. The summed E-state index contributed by atoms with van der Waals surface area (Å²) in [6, 6.07) is 1.25. The molecular formula is C21H29N3O5. The Balaban J connectivity index is 1.76. The lowest BCUT2D eigenvalue weighted by atomic mass is 9.73. The number of aryl methyl sites for hydroxylation is 1. The number of imide groups is 1. The fourth-order valence-corrected chi connectivity index (χ4v) is 4.60. The van der Waals surface area contributed by atoms with Crippen molar-refractivity contribution in [2.75, 3.05) is 13.7 Å². The summed E-state index contributed by atoms with van der Waals surface area (Å²) in [5.74, 6) is -0.846. The van der Waals surface area contributed by atoms with E-state index in [1.807, 2.05) is 18.4 Å². The predicted molar refractivity (Wildman–Crippen MR) is 105 cm³/mol. The molecule has 2 aliphatic rings. The molecule has 1 saturated carbocycles. The molecule has 1 spiro atoms. The summed E-state index contributed by atoms with van der Waals surface area (Å²) in [7, 11) is 1.34. The van der Waals surface area contributed by atoms with Crippen LogP contribution in [0.15, 0.2) is 6.07 Å². The van der Waals surface area contributed by atoms with E-state index in [2.05, 4.69) is 10.1 Å². The van der Waals surface area contributed by atoms with Crippen LogP contribution in [-0.4, -0.2) is 52.4 Å². The van der Waals surface area contributed by atoms with Gasteiger partial charge in [-0.05, 0) is 38.7 Å². The molecule has 1 aromatic rings. The summed E-state index contributed by atoms with van der Waals surface area (Å²) in [5.41, 5.74) is 1.15. The molecular weight excluding hydrogens is 374 g/mol. The van der Waals surface area contributed by atoms with Crippen molar-refractivity contribution in [1.29, 1.82) is 0 Å². The number of methoxy groups -OCH3 is 1. The molecule has 1 aliphatic heterocycles. The van der Waals surface area contributed by atoms with Gasteiger partial charge < -0.3 is 14.6 Å². The molecule has 1 aliphatic carbocycles. The first-order chi connectivity index (χ1) is 13.7. The third-order valence-electron chi connectivity index (χ3n) is 6.44. The van der Waals surface area contributed by atoms with E-state index in [1.165, 1.54) is 7.11 Å². The Kier molecular flexibility index (Phi) is 5.82. The minimum atomic E-state index is -0.868. The van der Waals surface area contributed by atoms with Crippen LogP contribution in [0, 0.1) is 19.8 Å². The summed E-state index contributed by atoms with van der Waals surface area (Å²) >= 11 is 0. The van der Waals surface area contributed by atoms with Gasteiger partial charge >= 0.3 is 12.0 Å². The van der Waals surface area contributed by atoms with E-state index in [0.29, 0.717) is 24.2 Å². The van der Waals surface area contributed by atoms with Crippen molar-refractivity contribution in [2.45, 2.75) is 65.0 Å². The van der Waals surface area contributed by atoms with Crippen LogP contribution >= 0.6 is 0 Å². The van der Waals surface area contributed by atoms with E-state index >= 15 is 0 Å². The fraction of sp³-hybridized carbons (Fsp3) is 0.619. The Labute approximate surface area is 170 Å². The van der Waals surface area contributed by atoms with Gasteiger partial charge in [-0.1, -0.05) is 19.8 Å². The molecule has 8 nitrogen and oxygen atoms in total. The number of nitrogens with one attached hydrogen (secondary N) is 1. The molecule has 0 radical (unpaired) electrons. The molecule has 2 heterocycles. The van der Waals surface area contributed by atoms with E-state index in [9.17, 15) is 19.2 Å². The van der Waals surface area contributed by atoms with Crippen molar-refractivity contribution in [3.05, 3.63) is 23.0 Å². The Morgan fingerprint density at radius 2 is 2.00 bits per heavy atom. The van der Waals surface area contributed by atoms with Crippen molar-refractivity contribution in [3.8, 4) is 0 Å². The van der Waals surface area contributed by atoms with E-state index in [0.717, 1.165) is 29.9 Å². The minimum Gasteiger partial charge on any atom is -0.469 e. The topological polar surface area (TPSA) is 97.7 Å². The Morgan fingerprint density at radius 1 is 1.28 bits per heavy atom. The van der Waals surface area contributed by atoms with Gasteiger partial charge in [0.1, 0.15) is 5.54 Å². The molecule has 1 saturated heterocycles. The summed E-state index contributed by atoms with van der Waals surface area (Å²) in [4.78, 5) is 51.0. The number of ether oxygens (including phenoxy) is 1. The zero-order chi connectivity index (χ0) is 21.3. The van der Waals surface area contributed by atoms with Crippen LogP contribution in [-0.2, 0) is 20.9 Å². The third-order valence-corrected chi connectivity index (χ3v) is 6.44. The summed E-state index contributed by atoms with van der Waals surface area (Å²) in [6.07, 6.45) is 3.64. The number of carbonyl (C=O) groups excluding carboxylic acids is 4. The Hall–Kier alpha value is -2.64. The molecule has 3 rings (SSSR count). The van der Waals surface area contributed by atoms with Gasteiger partial charge in [0.25, 0.3) is 5.91 Å². The average Bonchev–Trinajstić information content (AvgIpc) is 3.10. The number of Topliss-reactive ketones (excluding diaryl/α,β-unsaturated/α-hetero) is 1. The van der Waals surface area contributed by atoms with E-state index < -0.39 is 11.6 Å². The first-order valence-corrected chi connectivity index (χ1v) is 10.1. The second-order valence-electron chi connectivity index (χ2n) is 8.13. The van der Waals surface area contributed by atoms with E-state index in [-0.39, 0.29) is 36.5 Å². The summed E-state index contributed by atoms with van der Waals surface area (Å²) < 4.78 is 6.55. The second kappa shape index (κ2) is 8.00. The predicted octanol–water partition coefficient (Wildman–Crippen LogP) is 2.35. The highest BCUT2D eigenvalue weighted by Crippen LogP contribution is 2.38. The maximum Gasteiger partial charge on any atom is 0.325 e. The van der Waals surface area contributed by atoms with Crippen LogP contribution < -0.4 is 5.32 Å². The molecule has 3 amide bonds. The highest BCUT2D eigenvalue weighted by Gasteiger charge is 2.55. The lowest BCUT2D eigenvalue weighted by molar-refractivity contribution is -0.140. The van der Waals surface area contributed by atoms with Gasteiger partial charge in [-0.2, -0.15) is 0 Å². The van der Waals surface area contributed by atoms with Crippen LogP contribution in [0.1, 0.15) is 60.8 Å². The van der Waals surface area contributed by atoms with Crippen molar-refractivity contribution < 1.29 is 23.9 Å². The van der Waals surface area contributed by atoms with Gasteiger partial charge in [0.15, 0.2) is 5.78 Å². The molecule has 8 heteroatoms. The van der Waals surface area contributed by atoms with Gasteiger partial charge in [0.05, 0.1) is 20.1 Å². The molecule has 1 aromatic heterocycles. The molecule has 0 unspecified atom stereocenters. The van der Waals surface area contributed by atoms with Gasteiger partial charge in [-0.3, -0.25) is 19.3 Å². The highest BCUT2D eigenvalue weighted by molar-refractivity contribution is 6.11. The van der Waals surface area contributed by atoms with Gasteiger partial charge in [-0.25, -0.2) is 4.79 Å². The van der Waals surface area contributed by atoms with Crippen molar-refractivity contribution in [2.24, 2.45) is 5.92 Å². The van der Waals surface area contributed by atoms with Crippen molar-refractivity contribution >= 4 is 23.7 Å². The van der Waals surface area contributed by atoms with Gasteiger partial charge in [-0.15, -0.1) is 0 Å². The standard InChI is InChI=1S/C21H29N3O5/c1-13-7-5-6-9-21(13)19(27)24(20(28)22-21)12-17(25)16-11-14(2)23(15(16)3)10-8-18(26)29-4/h11,13H,5-10,12H2,1-4H3,(H,22,28)/t13-,21+/m0/s1. The number of rotatable bonds is 6. The molecule has 0 aromatic carbocycles. The minimum absolute atomic E-state index is 0.0520. The zero-order valence-corrected chi connectivity index (χ0v) is 17.5. The lowest BCUT2D eigenvalue weighted by Gasteiger charge is -2.36. The number of ketones is 1. The van der Waals surface area contributed by atoms with Crippen LogP contribution in [0.25, 0.3) is 0 Å². The number of aromatic nitrogens is 1. The fourth-order valence-electron chi connectivity index (χ4n) is 4.60. The van der Waals surface area contributed by atoms with Crippen LogP contribution in [0.2, 0.25) is 0 Å². The maximum absolute atomic E-state index is 13.1. The summed E-state index contributed by atoms with van der Waals surface area (Å²) in [6.45, 7) is 5.76. The quantitative estimate of drug-likeness (QED) is 0.447. The highest BCUT2D eigenvalue weighted by atomic mass is 16.5. The van der Waals surface area contributed by atoms with Crippen LogP contribution in [0.3, 0.4) is 0 Å². The molecule has 1 N–H and O–H groups in total. The number of urea groups is 1. The van der Waals surface area contributed by atoms with Crippen molar-refractivity contribution in [1.82, 2.24) is 14.8 Å². The zero-order valence-electron chi connectivity index (χ0n) is 17.5. The van der Waals surface area contributed by atoms with Crippen LogP contribution in [0.5, 0.6) is 0 Å². The number of nitrogens with zero attached hydrogens (tertiary/aromatic N) is 2. The average molecular weight is 403 g/mol. The second-order valence-corrected chi connectivity index (χ2v) is 8.13. The largest absolute Gasteiger partial charge is 0.469 e. The van der Waals surface area contributed by atoms with Gasteiger partial charge in [0.2, 0.25) is 0 Å². The Morgan fingerprint density at radius 3 is 2.66 bits per heavy atom. The SMILES string of the molecule is COC(=O)CCn1c(C)cc(C(=O)CN2C(=O)N[C@@]3(CCCC[C@@H]3C)C2=O)c1C. The van der Waals surface area contributed by atoms with E-state index in [1.54, 1.807) is 13.0 Å². The number of hydrogen-bond acceptors (Lipinski definition) is 5. The van der Waals surface area contributed by atoms with Gasteiger partial charge in [0, 0.05) is 23.5 Å². The Bertz CT molecular complexity index is 859. The van der Waals surface area contributed by atoms with E-state index in [4.69, 9.17) is 0 Å². The third kappa shape index (κ3) is 3.68. The maximum atomic E-state index is 13.1. The normalized spacial score (nSPS) is 24.1. The summed E-state index contributed by atoms with van der Waals surface area (Å²) in [5, 5.41) is 2.87. The molecule has 29 heavy (non-hydrogen) atoms. The number of esters is 1. The molecule has 2 fully saturated rings. The van der Waals surface area contributed by atoms with Crippen molar-refractivity contribution in [3.63, 3.8) is 0 Å². The smallest absolute Gasteiger partial charge is 0.325 e. The number of hydrogen-bond donors (Lipinski definition) is 1. The monoisotopic (exact) mass is 403 g/mol. The number of carbonyl (C=O) groups is 4. The first-order valence-electron chi connectivity index (χ1n) is 10.1. The molecule has 2 atom stereocenters. The van der Waals surface area contributed by atoms with Crippen LogP contribution in [0.4, 0.5) is 4.79 Å². The number of amides is 3. The molecule has 158 valence electrons. The first kappa shape index (κ1) is 21.1. The lowest BCUT2D eigenvalue weighted by Crippen LogP contribution is -2.54.